The SMILES string of the molecule is COc1ccccc1CN(C(=O)Cn1nnc2ccccc21)[C@H](C(=O)NC[C@H]1CCCO1)c1ccccc1C. The third-order valence-corrected chi connectivity index (χ3v) is 7.13. The van der Waals surface area contributed by atoms with Crippen molar-refractivity contribution in [3.63, 3.8) is 0 Å². The molecule has 0 saturated carbocycles. The summed E-state index contributed by atoms with van der Waals surface area (Å²) in [6, 6.07) is 21.8. The van der Waals surface area contributed by atoms with Gasteiger partial charge in [0.1, 0.15) is 23.9 Å². The number of hydrogen-bond donors (Lipinski definition) is 1. The second-order valence-corrected chi connectivity index (χ2v) is 9.71. The first kappa shape index (κ1) is 26.4. The monoisotopic (exact) mass is 527 g/mol. The first-order chi connectivity index (χ1) is 19.0. The molecule has 4 aromatic rings. The molecule has 0 bridgehead atoms. The van der Waals surface area contributed by atoms with Crippen molar-refractivity contribution in [3.8, 4) is 5.75 Å². The van der Waals surface area contributed by atoms with Gasteiger partial charge in [-0.05, 0) is 49.1 Å². The number of carbonyl (C=O) groups is 2. The maximum Gasteiger partial charge on any atom is 0.247 e. The maximum atomic E-state index is 14.1. The fraction of sp³-hybridized carbons (Fsp3) is 0.333. The van der Waals surface area contributed by atoms with Gasteiger partial charge < -0.3 is 19.7 Å². The summed E-state index contributed by atoms with van der Waals surface area (Å²) in [5, 5.41) is 11.5. The van der Waals surface area contributed by atoms with Gasteiger partial charge in [0.2, 0.25) is 11.8 Å². The molecule has 0 spiro atoms. The lowest BCUT2D eigenvalue weighted by Gasteiger charge is -2.33. The summed E-state index contributed by atoms with van der Waals surface area (Å²) in [7, 11) is 1.60. The Hall–Kier alpha value is -4.24. The molecular weight excluding hydrogens is 494 g/mol. The van der Waals surface area contributed by atoms with E-state index in [-0.39, 0.29) is 31.0 Å². The third kappa shape index (κ3) is 5.93. The molecule has 39 heavy (non-hydrogen) atoms. The van der Waals surface area contributed by atoms with Crippen molar-refractivity contribution in [1.29, 1.82) is 0 Å². The van der Waals surface area contributed by atoms with Crippen molar-refractivity contribution < 1.29 is 19.1 Å². The maximum absolute atomic E-state index is 14.1. The highest BCUT2D eigenvalue weighted by atomic mass is 16.5. The van der Waals surface area contributed by atoms with E-state index < -0.39 is 6.04 Å². The van der Waals surface area contributed by atoms with Crippen molar-refractivity contribution >= 4 is 22.8 Å². The number of fused-ring (bicyclic) bond motifs is 1. The molecule has 1 N–H and O–H groups in total. The summed E-state index contributed by atoms with van der Waals surface area (Å²) in [4.78, 5) is 29.7. The van der Waals surface area contributed by atoms with E-state index >= 15 is 0 Å². The number of rotatable bonds is 10. The van der Waals surface area contributed by atoms with Gasteiger partial charge in [-0.25, -0.2) is 4.68 Å². The topological polar surface area (TPSA) is 98.6 Å². The van der Waals surface area contributed by atoms with Crippen molar-refractivity contribution in [2.24, 2.45) is 0 Å². The molecule has 2 atom stereocenters. The molecule has 5 rings (SSSR count). The smallest absolute Gasteiger partial charge is 0.247 e. The van der Waals surface area contributed by atoms with Crippen LogP contribution in [0, 0.1) is 6.92 Å². The van der Waals surface area contributed by atoms with E-state index in [2.05, 4.69) is 15.6 Å². The van der Waals surface area contributed by atoms with Crippen LogP contribution >= 0.6 is 0 Å². The van der Waals surface area contributed by atoms with Crippen LogP contribution in [-0.4, -0.2) is 58.1 Å². The average Bonchev–Trinajstić information content (AvgIpc) is 3.63. The van der Waals surface area contributed by atoms with Crippen LogP contribution in [0.2, 0.25) is 0 Å². The summed E-state index contributed by atoms with van der Waals surface area (Å²) in [5.74, 6) is 0.119. The van der Waals surface area contributed by atoms with Crippen LogP contribution < -0.4 is 10.1 Å². The lowest BCUT2D eigenvalue weighted by atomic mass is 9.98. The van der Waals surface area contributed by atoms with Crippen molar-refractivity contribution in [2.45, 2.75) is 45.0 Å². The number of carbonyl (C=O) groups excluding carboxylic acids is 2. The van der Waals surface area contributed by atoms with Crippen LogP contribution in [0.1, 0.15) is 35.6 Å². The zero-order chi connectivity index (χ0) is 27.2. The van der Waals surface area contributed by atoms with E-state index in [0.29, 0.717) is 24.4 Å². The molecule has 9 heteroatoms. The largest absolute Gasteiger partial charge is 0.496 e. The first-order valence-corrected chi connectivity index (χ1v) is 13.2. The Balaban J connectivity index is 1.53. The molecule has 0 aliphatic carbocycles. The Morgan fingerprint density at radius 2 is 1.87 bits per heavy atom. The molecule has 2 heterocycles. The number of amides is 2. The van der Waals surface area contributed by atoms with Gasteiger partial charge in [-0.15, -0.1) is 5.10 Å². The van der Waals surface area contributed by atoms with Crippen molar-refractivity contribution in [2.75, 3.05) is 20.3 Å². The standard InChI is InChI=1S/C30H33N5O4/c1-21-10-3-5-13-24(21)29(30(37)31-18-23-12-9-17-39-23)34(19-22-11-4-8-16-27(22)38-2)28(36)20-35-26-15-7-6-14-25(26)32-33-35/h3-8,10-11,13-16,23,29H,9,12,17-20H2,1-2H3,(H,31,37)/t23-,29+/m1/s1. The molecule has 202 valence electrons. The second-order valence-electron chi connectivity index (χ2n) is 9.71. The highest BCUT2D eigenvalue weighted by Gasteiger charge is 2.34. The summed E-state index contributed by atoms with van der Waals surface area (Å²) in [5.41, 5.74) is 3.92. The van der Waals surface area contributed by atoms with Gasteiger partial charge in [0.25, 0.3) is 0 Å². The van der Waals surface area contributed by atoms with Crippen LogP contribution in [0.5, 0.6) is 5.75 Å². The zero-order valence-electron chi connectivity index (χ0n) is 22.2. The second kappa shape index (κ2) is 12.1. The Kier molecular flexibility index (Phi) is 8.17. The summed E-state index contributed by atoms with van der Waals surface area (Å²) in [6.07, 6.45) is 1.86. The Bertz CT molecular complexity index is 1450. The predicted molar refractivity (Wildman–Crippen MR) is 147 cm³/mol. The number of aromatic nitrogens is 3. The highest BCUT2D eigenvalue weighted by molar-refractivity contribution is 5.89. The number of hydrogen-bond acceptors (Lipinski definition) is 6. The molecule has 0 unspecified atom stereocenters. The molecule has 1 aromatic heterocycles. The van der Waals surface area contributed by atoms with Crippen LogP contribution in [-0.2, 0) is 27.4 Å². The van der Waals surface area contributed by atoms with Crippen LogP contribution in [0.3, 0.4) is 0 Å². The Labute approximate surface area is 227 Å². The normalized spacial score (nSPS) is 15.7. The summed E-state index contributed by atoms with van der Waals surface area (Å²) >= 11 is 0. The molecule has 1 aliphatic rings. The van der Waals surface area contributed by atoms with E-state index in [1.165, 1.54) is 0 Å². The summed E-state index contributed by atoms with van der Waals surface area (Å²) < 4.78 is 12.9. The molecule has 0 radical (unpaired) electrons. The van der Waals surface area contributed by atoms with E-state index in [0.717, 1.165) is 35.0 Å². The van der Waals surface area contributed by atoms with Crippen molar-refractivity contribution in [3.05, 3.63) is 89.5 Å². The predicted octanol–water partition coefficient (Wildman–Crippen LogP) is 3.81. The summed E-state index contributed by atoms with van der Waals surface area (Å²) in [6.45, 7) is 3.14. The quantitative estimate of drug-likeness (QED) is 0.337. The number of ether oxygens (including phenoxy) is 2. The van der Waals surface area contributed by atoms with Crippen LogP contribution in [0.15, 0.2) is 72.8 Å². The lowest BCUT2D eigenvalue weighted by Crippen LogP contribution is -2.46. The minimum Gasteiger partial charge on any atom is -0.496 e. The third-order valence-electron chi connectivity index (χ3n) is 7.13. The van der Waals surface area contributed by atoms with Gasteiger partial charge in [0.05, 0.1) is 25.3 Å². The molecule has 1 saturated heterocycles. The van der Waals surface area contributed by atoms with E-state index in [1.807, 2.05) is 79.7 Å². The number of aryl methyl sites for hydroxylation is 1. The fourth-order valence-electron chi connectivity index (χ4n) is 5.05. The lowest BCUT2D eigenvalue weighted by molar-refractivity contribution is -0.142. The number of methoxy groups -OCH3 is 1. The van der Waals surface area contributed by atoms with Gasteiger partial charge in [0.15, 0.2) is 0 Å². The van der Waals surface area contributed by atoms with E-state index in [1.54, 1.807) is 16.7 Å². The minimum absolute atomic E-state index is 0.0219. The molecule has 1 fully saturated rings. The number of nitrogens with one attached hydrogen (secondary N) is 1. The zero-order valence-corrected chi connectivity index (χ0v) is 22.2. The Morgan fingerprint density at radius 1 is 1.10 bits per heavy atom. The van der Waals surface area contributed by atoms with Crippen LogP contribution in [0.25, 0.3) is 11.0 Å². The van der Waals surface area contributed by atoms with Gasteiger partial charge in [-0.2, -0.15) is 0 Å². The molecule has 2 amide bonds. The van der Waals surface area contributed by atoms with Gasteiger partial charge in [-0.3, -0.25) is 9.59 Å². The van der Waals surface area contributed by atoms with Gasteiger partial charge >= 0.3 is 0 Å². The molecule has 3 aromatic carbocycles. The van der Waals surface area contributed by atoms with Crippen LogP contribution in [0.4, 0.5) is 0 Å². The number of benzene rings is 3. The van der Waals surface area contributed by atoms with E-state index in [9.17, 15) is 9.59 Å². The molecular formula is C30H33N5O4. The average molecular weight is 528 g/mol. The molecule has 1 aliphatic heterocycles. The fourth-order valence-corrected chi connectivity index (χ4v) is 5.05. The highest BCUT2D eigenvalue weighted by Crippen LogP contribution is 2.29. The van der Waals surface area contributed by atoms with E-state index in [4.69, 9.17) is 9.47 Å². The van der Waals surface area contributed by atoms with Crippen molar-refractivity contribution in [1.82, 2.24) is 25.2 Å². The number of nitrogens with zero attached hydrogens (tertiary/aromatic N) is 4. The van der Waals surface area contributed by atoms with Gasteiger partial charge in [-0.1, -0.05) is 59.8 Å². The van der Waals surface area contributed by atoms with Gasteiger partial charge in [0, 0.05) is 18.7 Å². The first-order valence-electron chi connectivity index (χ1n) is 13.2. The molecule has 9 nitrogen and oxygen atoms in total. The minimum atomic E-state index is -0.875. The number of para-hydroxylation sites is 2. The Morgan fingerprint density at radius 3 is 2.67 bits per heavy atom.